The van der Waals surface area contributed by atoms with Crippen LogP contribution in [-0.4, -0.2) is 19.0 Å². The van der Waals surface area contributed by atoms with Crippen LogP contribution in [0, 0.1) is 5.92 Å². The zero-order chi connectivity index (χ0) is 9.19. The van der Waals surface area contributed by atoms with Crippen LogP contribution >= 0.6 is 15.9 Å². The summed E-state index contributed by atoms with van der Waals surface area (Å²) in [7, 11) is -3.26. The van der Waals surface area contributed by atoms with Gasteiger partial charge in [0.1, 0.15) is 0 Å². The van der Waals surface area contributed by atoms with Gasteiger partial charge in [-0.2, -0.15) is 0 Å². The highest BCUT2D eigenvalue weighted by molar-refractivity contribution is 9.09. The first-order chi connectivity index (χ1) is 5.47. The highest BCUT2D eigenvalue weighted by Gasteiger charge is 2.22. The minimum Gasteiger partial charge on any atom is -0.229 e. The predicted molar refractivity (Wildman–Crippen MR) is 52.6 cm³/mol. The van der Waals surface area contributed by atoms with Gasteiger partial charge in [-0.1, -0.05) is 15.9 Å². The first-order valence-electron chi connectivity index (χ1n) is 4.12. The van der Waals surface area contributed by atoms with Crippen molar-refractivity contribution in [2.45, 2.75) is 30.5 Å². The van der Waals surface area contributed by atoms with E-state index in [1.165, 1.54) is 0 Å². The van der Waals surface area contributed by atoms with Crippen LogP contribution in [0.3, 0.4) is 0 Å². The molecular formula is C7H14BrNO2S. The Kier molecular flexibility index (Phi) is 3.55. The molecule has 72 valence electrons. The summed E-state index contributed by atoms with van der Waals surface area (Å²) in [5, 5.41) is 4.96. The molecule has 0 unspecified atom stereocenters. The van der Waals surface area contributed by atoms with Crippen LogP contribution < -0.4 is 5.14 Å². The smallest absolute Gasteiger partial charge is 0.209 e. The van der Waals surface area contributed by atoms with E-state index in [-0.39, 0.29) is 11.7 Å². The molecule has 0 spiro atoms. The molecule has 3 nitrogen and oxygen atoms in total. The van der Waals surface area contributed by atoms with Crippen molar-refractivity contribution in [3.05, 3.63) is 0 Å². The van der Waals surface area contributed by atoms with Crippen LogP contribution in [0.5, 0.6) is 0 Å². The molecule has 0 saturated heterocycles. The minimum absolute atomic E-state index is 0.159. The van der Waals surface area contributed by atoms with E-state index in [2.05, 4.69) is 15.9 Å². The molecule has 1 aliphatic carbocycles. The number of hydrogen-bond donors (Lipinski definition) is 1. The molecule has 2 N–H and O–H groups in total. The van der Waals surface area contributed by atoms with Crippen molar-refractivity contribution in [2.24, 2.45) is 11.1 Å². The van der Waals surface area contributed by atoms with E-state index in [4.69, 9.17) is 5.14 Å². The summed E-state index contributed by atoms with van der Waals surface area (Å²) in [5.74, 6) is 0.445. The zero-order valence-corrected chi connectivity index (χ0v) is 9.27. The Morgan fingerprint density at radius 2 is 1.75 bits per heavy atom. The molecule has 1 saturated carbocycles. The third kappa shape index (κ3) is 3.87. The lowest BCUT2D eigenvalue weighted by atomic mass is 9.91. The summed E-state index contributed by atoms with van der Waals surface area (Å²) < 4.78 is 21.5. The molecule has 12 heavy (non-hydrogen) atoms. The second-order valence-electron chi connectivity index (χ2n) is 3.45. The van der Waals surface area contributed by atoms with Gasteiger partial charge in [0.15, 0.2) is 0 Å². The Labute approximate surface area is 81.9 Å². The van der Waals surface area contributed by atoms with Gasteiger partial charge in [-0.15, -0.1) is 0 Å². The number of sulfonamides is 1. The molecule has 0 aliphatic heterocycles. The number of halogens is 1. The Morgan fingerprint density at radius 3 is 2.17 bits per heavy atom. The Bertz CT molecular complexity index is 232. The topological polar surface area (TPSA) is 60.2 Å². The Balaban J connectivity index is 2.36. The molecule has 1 fully saturated rings. The Morgan fingerprint density at radius 1 is 1.25 bits per heavy atom. The standard InChI is InChI=1S/C7H14BrNO2S/c8-7-3-1-6(2-4-7)5-12(9,10)11/h6-7H,1-5H2,(H2,9,10,11). The molecule has 0 amide bonds. The van der Waals surface area contributed by atoms with Crippen molar-refractivity contribution in [2.75, 3.05) is 5.75 Å². The quantitative estimate of drug-likeness (QED) is 0.755. The summed E-state index contributed by atoms with van der Waals surface area (Å²) in [4.78, 5) is 0.578. The molecule has 0 radical (unpaired) electrons. The summed E-state index contributed by atoms with van der Waals surface area (Å²) in [6, 6.07) is 0. The average Bonchev–Trinajstić information content (AvgIpc) is 1.91. The highest BCUT2D eigenvalue weighted by Crippen LogP contribution is 2.28. The van der Waals surface area contributed by atoms with Crippen molar-refractivity contribution in [3.8, 4) is 0 Å². The van der Waals surface area contributed by atoms with E-state index < -0.39 is 10.0 Å². The van der Waals surface area contributed by atoms with Gasteiger partial charge >= 0.3 is 0 Å². The van der Waals surface area contributed by atoms with Crippen molar-refractivity contribution in [3.63, 3.8) is 0 Å². The van der Waals surface area contributed by atoms with Crippen molar-refractivity contribution in [1.29, 1.82) is 0 Å². The number of rotatable bonds is 2. The van der Waals surface area contributed by atoms with Gasteiger partial charge in [0, 0.05) is 4.83 Å². The maximum absolute atomic E-state index is 10.7. The van der Waals surface area contributed by atoms with E-state index in [0.29, 0.717) is 4.83 Å². The SMILES string of the molecule is NS(=O)(=O)CC1CCC(Br)CC1. The monoisotopic (exact) mass is 255 g/mol. The fourth-order valence-electron chi connectivity index (χ4n) is 1.62. The van der Waals surface area contributed by atoms with E-state index in [9.17, 15) is 8.42 Å². The zero-order valence-electron chi connectivity index (χ0n) is 6.87. The number of primary sulfonamides is 1. The van der Waals surface area contributed by atoms with Crippen molar-refractivity contribution in [1.82, 2.24) is 0 Å². The van der Waals surface area contributed by atoms with E-state index in [0.717, 1.165) is 25.7 Å². The molecule has 1 rings (SSSR count). The molecule has 5 heteroatoms. The molecule has 1 aliphatic rings. The van der Waals surface area contributed by atoms with Crippen molar-refractivity contribution >= 4 is 26.0 Å². The first-order valence-corrected chi connectivity index (χ1v) is 6.75. The van der Waals surface area contributed by atoms with Crippen LogP contribution in [0.25, 0.3) is 0 Å². The molecule has 0 heterocycles. The summed E-state index contributed by atoms with van der Waals surface area (Å²) in [6.07, 6.45) is 4.10. The fraction of sp³-hybridized carbons (Fsp3) is 1.00. The van der Waals surface area contributed by atoms with E-state index in [1.54, 1.807) is 0 Å². The minimum atomic E-state index is -3.26. The second kappa shape index (κ2) is 4.07. The van der Waals surface area contributed by atoms with Crippen LogP contribution in [0.1, 0.15) is 25.7 Å². The van der Waals surface area contributed by atoms with E-state index in [1.807, 2.05) is 0 Å². The van der Waals surface area contributed by atoms with Gasteiger partial charge in [-0.25, -0.2) is 13.6 Å². The molecule has 0 aromatic rings. The predicted octanol–water partition coefficient (Wildman–Crippen LogP) is 1.23. The molecule has 0 atom stereocenters. The number of alkyl halides is 1. The second-order valence-corrected chi connectivity index (χ2v) is 6.40. The van der Waals surface area contributed by atoms with Gasteiger partial charge in [0.25, 0.3) is 0 Å². The van der Waals surface area contributed by atoms with Gasteiger partial charge in [-0.3, -0.25) is 0 Å². The third-order valence-corrected chi connectivity index (χ3v) is 4.10. The summed E-state index contributed by atoms with van der Waals surface area (Å²) in [6.45, 7) is 0. The molecular weight excluding hydrogens is 242 g/mol. The maximum Gasteiger partial charge on any atom is 0.209 e. The molecule has 0 bridgehead atoms. The van der Waals surface area contributed by atoms with Gasteiger partial charge in [0.2, 0.25) is 10.0 Å². The van der Waals surface area contributed by atoms with Crippen molar-refractivity contribution < 1.29 is 8.42 Å². The maximum atomic E-state index is 10.7. The first kappa shape index (κ1) is 10.5. The lowest BCUT2D eigenvalue weighted by Gasteiger charge is -2.23. The Hall–Kier alpha value is 0.390. The number of nitrogens with two attached hydrogens (primary N) is 1. The normalized spacial score (nSPS) is 31.8. The van der Waals surface area contributed by atoms with Crippen LogP contribution in [-0.2, 0) is 10.0 Å². The lowest BCUT2D eigenvalue weighted by molar-refractivity contribution is 0.396. The molecule has 0 aromatic carbocycles. The van der Waals surface area contributed by atoms with Gasteiger partial charge in [-0.05, 0) is 31.6 Å². The number of hydrogen-bond acceptors (Lipinski definition) is 2. The summed E-state index contributed by atoms with van der Waals surface area (Å²) in [5.41, 5.74) is 0. The van der Waals surface area contributed by atoms with Crippen LogP contribution in [0.2, 0.25) is 0 Å². The highest BCUT2D eigenvalue weighted by atomic mass is 79.9. The largest absolute Gasteiger partial charge is 0.229 e. The third-order valence-electron chi connectivity index (χ3n) is 2.24. The van der Waals surface area contributed by atoms with Crippen LogP contribution in [0.15, 0.2) is 0 Å². The molecule has 0 aromatic heterocycles. The summed E-state index contributed by atoms with van der Waals surface area (Å²) >= 11 is 3.51. The lowest BCUT2D eigenvalue weighted by Crippen LogP contribution is -2.26. The van der Waals surface area contributed by atoms with Gasteiger partial charge in [0.05, 0.1) is 5.75 Å². The fourth-order valence-corrected chi connectivity index (χ4v) is 3.14. The van der Waals surface area contributed by atoms with Crippen LogP contribution in [0.4, 0.5) is 0 Å². The van der Waals surface area contributed by atoms with Gasteiger partial charge < -0.3 is 0 Å². The van der Waals surface area contributed by atoms with E-state index >= 15 is 0 Å². The average molecular weight is 256 g/mol.